The SMILES string of the molecule is CC1=C(/C=C/[C@H](C)/C=N\NC(=O)c2[nH]c3ccc(Cl)cc3c2-c2ccccc2)C(C)(C)CCC1. The van der Waals surface area contributed by atoms with E-state index >= 15 is 0 Å². The molecule has 0 saturated carbocycles. The third kappa shape index (κ3) is 5.18. The number of carbonyl (C=O) groups excluding carboxylic acids is 1. The van der Waals surface area contributed by atoms with E-state index < -0.39 is 0 Å². The van der Waals surface area contributed by atoms with Crippen LogP contribution in [0.3, 0.4) is 0 Å². The van der Waals surface area contributed by atoms with Crippen molar-refractivity contribution in [3.8, 4) is 11.1 Å². The lowest BCUT2D eigenvalue weighted by Crippen LogP contribution is -2.20. The summed E-state index contributed by atoms with van der Waals surface area (Å²) in [6, 6.07) is 15.4. The molecule has 0 unspecified atom stereocenters. The average Bonchev–Trinajstić information content (AvgIpc) is 3.17. The van der Waals surface area contributed by atoms with E-state index in [-0.39, 0.29) is 17.2 Å². The lowest BCUT2D eigenvalue weighted by molar-refractivity contribution is 0.0951. The Morgan fingerprint density at radius 1 is 1.21 bits per heavy atom. The van der Waals surface area contributed by atoms with Gasteiger partial charge in [0, 0.05) is 33.6 Å². The highest BCUT2D eigenvalue weighted by atomic mass is 35.5. The van der Waals surface area contributed by atoms with Crippen LogP contribution in [0.5, 0.6) is 0 Å². The van der Waals surface area contributed by atoms with Crippen molar-refractivity contribution < 1.29 is 4.79 Å². The molecule has 0 spiro atoms. The number of halogens is 1. The minimum atomic E-state index is -0.287. The number of hydrogen-bond acceptors (Lipinski definition) is 2. The van der Waals surface area contributed by atoms with Crippen LogP contribution >= 0.6 is 11.6 Å². The molecule has 1 aromatic heterocycles. The van der Waals surface area contributed by atoms with E-state index in [2.05, 4.69) is 55.4 Å². The van der Waals surface area contributed by atoms with Crippen molar-refractivity contribution in [2.24, 2.45) is 16.4 Å². The minimum absolute atomic E-state index is 0.0911. The van der Waals surface area contributed by atoms with E-state index in [1.54, 1.807) is 6.21 Å². The van der Waals surface area contributed by atoms with Crippen LogP contribution in [0.2, 0.25) is 5.02 Å². The van der Waals surface area contributed by atoms with Crippen LogP contribution in [-0.4, -0.2) is 17.1 Å². The number of nitrogens with one attached hydrogen (secondary N) is 2. The molecule has 4 nitrogen and oxygen atoms in total. The predicted octanol–water partition coefficient (Wildman–Crippen LogP) is 7.92. The van der Waals surface area contributed by atoms with Crippen LogP contribution in [0.4, 0.5) is 0 Å². The Balaban J connectivity index is 1.53. The number of allylic oxidation sites excluding steroid dienone is 4. The molecule has 1 atom stereocenters. The van der Waals surface area contributed by atoms with Gasteiger partial charge in [0.2, 0.25) is 0 Å². The van der Waals surface area contributed by atoms with Gasteiger partial charge in [-0.15, -0.1) is 0 Å². The number of fused-ring (bicyclic) bond motifs is 1. The zero-order valence-corrected chi connectivity index (χ0v) is 21.0. The molecule has 34 heavy (non-hydrogen) atoms. The number of nitrogens with zero attached hydrogens (tertiary/aromatic N) is 1. The molecule has 5 heteroatoms. The Labute approximate surface area is 206 Å². The summed E-state index contributed by atoms with van der Waals surface area (Å²) in [5.74, 6) is -0.195. The fourth-order valence-electron chi connectivity index (χ4n) is 4.82. The summed E-state index contributed by atoms with van der Waals surface area (Å²) in [6.07, 6.45) is 9.79. The standard InChI is InChI=1S/C29H32ClN3O/c1-19(12-14-24-20(2)9-8-16-29(24,3)4)18-31-33-28(34)27-26(21-10-6-5-7-11-21)23-17-22(30)13-15-25(23)32-27/h5-7,10-15,17-19,32H,8-9,16H2,1-4H3,(H,33,34)/b14-12+,31-18-/t19-/m0/s1. The molecule has 0 bridgehead atoms. The van der Waals surface area contributed by atoms with Gasteiger partial charge in [0.1, 0.15) is 5.69 Å². The Morgan fingerprint density at radius 3 is 2.71 bits per heavy atom. The monoisotopic (exact) mass is 473 g/mol. The summed E-state index contributed by atoms with van der Waals surface area (Å²) in [6.45, 7) is 8.92. The maximum absolute atomic E-state index is 13.1. The number of carbonyl (C=O) groups is 1. The second-order valence-electron chi connectivity index (χ2n) is 9.80. The van der Waals surface area contributed by atoms with Gasteiger partial charge in [-0.05, 0) is 60.9 Å². The summed E-state index contributed by atoms with van der Waals surface area (Å²) < 4.78 is 0. The van der Waals surface area contributed by atoms with Crippen LogP contribution in [-0.2, 0) is 0 Å². The number of aromatic amines is 1. The summed E-state index contributed by atoms with van der Waals surface area (Å²) in [5.41, 5.74) is 8.88. The molecule has 2 aromatic carbocycles. The largest absolute Gasteiger partial charge is 0.350 e. The fourth-order valence-corrected chi connectivity index (χ4v) is 4.99. The number of hydrazone groups is 1. The number of amides is 1. The van der Waals surface area contributed by atoms with Crippen molar-refractivity contribution >= 4 is 34.6 Å². The maximum Gasteiger partial charge on any atom is 0.288 e. The molecular weight excluding hydrogens is 442 g/mol. The van der Waals surface area contributed by atoms with Crippen molar-refractivity contribution in [2.45, 2.75) is 47.0 Å². The second-order valence-corrected chi connectivity index (χ2v) is 10.2. The van der Waals surface area contributed by atoms with Gasteiger partial charge in [-0.2, -0.15) is 5.10 Å². The highest BCUT2D eigenvalue weighted by Gasteiger charge is 2.26. The third-order valence-corrected chi connectivity index (χ3v) is 6.87. The van der Waals surface area contributed by atoms with Crippen molar-refractivity contribution in [2.75, 3.05) is 0 Å². The zero-order chi connectivity index (χ0) is 24.3. The normalized spacial score (nSPS) is 17.1. The van der Waals surface area contributed by atoms with Gasteiger partial charge < -0.3 is 4.98 Å². The zero-order valence-electron chi connectivity index (χ0n) is 20.3. The maximum atomic E-state index is 13.1. The van der Waals surface area contributed by atoms with Crippen molar-refractivity contribution in [1.82, 2.24) is 10.4 Å². The topological polar surface area (TPSA) is 57.2 Å². The first-order chi connectivity index (χ1) is 16.3. The minimum Gasteiger partial charge on any atom is -0.350 e. The molecule has 1 aliphatic rings. The molecule has 3 aromatic rings. The van der Waals surface area contributed by atoms with E-state index in [1.807, 2.05) is 48.5 Å². The quantitative estimate of drug-likeness (QED) is 0.277. The Bertz CT molecular complexity index is 1280. The van der Waals surface area contributed by atoms with E-state index in [1.165, 1.54) is 30.4 Å². The van der Waals surface area contributed by atoms with E-state index in [9.17, 15) is 4.79 Å². The predicted molar refractivity (Wildman–Crippen MR) is 143 cm³/mol. The van der Waals surface area contributed by atoms with Crippen LogP contribution < -0.4 is 5.43 Å². The fraction of sp³-hybridized carbons (Fsp3) is 0.310. The second kappa shape index (κ2) is 10.0. The molecule has 0 saturated heterocycles. The Hall–Kier alpha value is -3.11. The van der Waals surface area contributed by atoms with Crippen LogP contribution in [0.15, 0.2) is 76.9 Å². The van der Waals surface area contributed by atoms with E-state index in [0.29, 0.717) is 10.7 Å². The average molecular weight is 474 g/mol. The summed E-state index contributed by atoms with van der Waals surface area (Å²) >= 11 is 6.25. The van der Waals surface area contributed by atoms with Crippen molar-refractivity contribution in [3.05, 3.63) is 82.5 Å². The molecule has 1 amide bonds. The molecule has 1 aliphatic carbocycles. The van der Waals surface area contributed by atoms with Crippen molar-refractivity contribution in [3.63, 3.8) is 0 Å². The lowest BCUT2D eigenvalue weighted by atomic mass is 9.72. The Kier molecular flexibility index (Phi) is 7.08. The van der Waals surface area contributed by atoms with Crippen LogP contribution in [0, 0.1) is 11.3 Å². The molecule has 1 heterocycles. The highest BCUT2D eigenvalue weighted by molar-refractivity contribution is 6.31. The highest BCUT2D eigenvalue weighted by Crippen LogP contribution is 2.40. The van der Waals surface area contributed by atoms with Crippen LogP contribution in [0.25, 0.3) is 22.0 Å². The molecular formula is C29H32ClN3O. The number of H-pyrrole nitrogens is 1. The van der Waals surface area contributed by atoms with Gasteiger partial charge in [0.25, 0.3) is 5.91 Å². The molecule has 2 N–H and O–H groups in total. The summed E-state index contributed by atoms with van der Waals surface area (Å²) in [5, 5.41) is 5.78. The van der Waals surface area contributed by atoms with Gasteiger partial charge in [-0.25, -0.2) is 5.43 Å². The molecule has 176 valence electrons. The lowest BCUT2D eigenvalue weighted by Gasteiger charge is -2.33. The van der Waals surface area contributed by atoms with Gasteiger partial charge in [-0.3, -0.25) is 4.79 Å². The first-order valence-electron chi connectivity index (χ1n) is 11.8. The van der Waals surface area contributed by atoms with E-state index in [0.717, 1.165) is 22.0 Å². The number of aromatic nitrogens is 1. The van der Waals surface area contributed by atoms with Gasteiger partial charge in [-0.1, -0.05) is 80.4 Å². The summed E-state index contributed by atoms with van der Waals surface area (Å²) in [7, 11) is 0. The molecule has 0 aliphatic heterocycles. The number of benzene rings is 2. The summed E-state index contributed by atoms with van der Waals surface area (Å²) in [4.78, 5) is 16.3. The Morgan fingerprint density at radius 2 is 1.97 bits per heavy atom. The van der Waals surface area contributed by atoms with Crippen LogP contribution in [0.1, 0.15) is 57.4 Å². The number of rotatable bonds is 6. The first-order valence-corrected chi connectivity index (χ1v) is 12.2. The van der Waals surface area contributed by atoms with Gasteiger partial charge in [0.15, 0.2) is 0 Å². The molecule has 0 radical (unpaired) electrons. The van der Waals surface area contributed by atoms with Crippen molar-refractivity contribution in [1.29, 1.82) is 0 Å². The first kappa shape index (κ1) is 24.0. The number of hydrogen-bond donors (Lipinski definition) is 2. The molecule has 4 rings (SSSR count). The van der Waals surface area contributed by atoms with E-state index in [4.69, 9.17) is 11.6 Å². The van der Waals surface area contributed by atoms with Gasteiger partial charge >= 0.3 is 0 Å². The smallest absolute Gasteiger partial charge is 0.288 e. The molecule has 0 fully saturated rings. The van der Waals surface area contributed by atoms with Gasteiger partial charge in [0.05, 0.1) is 0 Å². The third-order valence-electron chi connectivity index (χ3n) is 6.63.